The van der Waals surface area contributed by atoms with Crippen LogP contribution in [0.1, 0.15) is 18.9 Å². The van der Waals surface area contributed by atoms with Gasteiger partial charge in [0.1, 0.15) is 6.61 Å². The van der Waals surface area contributed by atoms with Crippen molar-refractivity contribution in [3.8, 4) is 0 Å². The molecule has 0 aromatic heterocycles. The second-order valence-electron chi connectivity index (χ2n) is 6.52. The first-order valence-corrected chi connectivity index (χ1v) is 9.12. The summed E-state index contributed by atoms with van der Waals surface area (Å²) in [6.07, 6.45) is -8.46. The second-order valence-corrected chi connectivity index (χ2v) is 7.14. The van der Waals surface area contributed by atoms with Crippen LogP contribution in [0.15, 0.2) is 40.0 Å². The Hall–Kier alpha value is -1.37. The van der Waals surface area contributed by atoms with Gasteiger partial charge in [-0.2, -0.15) is 30.7 Å². The van der Waals surface area contributed by atoms with Crippen molar-refractivity contribution in [1.29, 1.82) is 0 Å². The normalized spacial score (nSPS) is 23.0. The Labute approximate surface area is 169 Å². The van der Waals surface area contributed by atoms with Crippen LogP contribution < -0.4 is 0 Å². The number of carbonyl (C=O) groups is 1. The van der Waals surface area contributed by atoms with Crippen molar-refractivity contribution in [1.82, 2.24) is 5.06 Å². The van der Waals surface area contributed by atoms with Crippen molar-refractivity contribution < 1.29 is 40.4 Å². The maximum absolute atomic E-state index is 13.9. The monoisotopic (exact) mass is 525 g/mol. The van der Waals surface area contributed by atoms with Crippen LogP contribution in [-0.2, 0) is 16.2 Å². The van der Waals surface area contributed by atoms with Crippen molar-refractivity contribution in [3.63, 3.8) is 0 Å². The zero-order chi connectivity index (χ0) is 21.4. The summed E-state index contributed by atoms with van der Waals surface area (Å²) >= 11 is 1.61. The maximum Gasteiger partial charge on any atom is 0.459 e. The fourth-order valence-corrected chi connectivity index (χ4v) is 3.64. The van der Waals surface area contributed by atoms with Gasteiger partial charge >= 0.3 is 18.0 Å². The Morgan fingerprint density at radius 3 is 2.21 bits per heavy atom. The Bertz CT molecular complexity index is 752. The van der Waals surface area contributed by atoms with Gasteiger partial charge in [-0.3, -0.25) is 9.63 Å². The first-order chi connectivity index (χ1) is 12.8. The van der Waals surface area contributed by atoms with Crippen molar-refractivity contribution in [2.45, 2.75) is 38.0 Å². The van der Waals surface area contributed by atoms with E-state index in [9.17, 15) is 35.5 Å². The fraction of sp³-hybridized carbons (Fsp3) is 0.471. The van der Waals surface area contributed by atoms with Crippen LogP contribution in [0.3, 0.4) is 0 Å². The second kappa shape index (κ2) is 7.81. The topological polar surface area (TPSA) is 29.5 Å². The minimum absolute atomic E-state index is 0.0381. The van der Waals surface area contributed by atoms with Gasteiger partial charge in [0.05, 0.1) is 12.0 Å². The SMILES string of the molecule is CC1(CC(F)(F)C(F)(F)C(F)(F)F)C(=O)N(OCc2ccccc2)C/C1=C\I. The number of alkyl halides is 7. The zero-order valence-corrected chi connectivity index (χ0v) is 16.5. The van der Waals surface area contributed by atoms with Crippen LogP contribution in [-0.4, -0.2) is 35.5 Å². The molecule has 3 nitrogen and oxygen atoms in total. The van der Waals surface area contributed by atoms with E-state index in [0.717, 1.165) is 6.92 Å². The predicted molar refractivity (Wildman–Crippen MR) is 93.7 cm³/mol. The molecule has 0 spiro atoms. The minimum atomic E-state index is -6.45. The molecule has 2 rings (SSSR count). The molecule has 1 unspecified atom stereocenters. The summed E-state index contributed by atoms with van der Waals surface area (Å²) < 4.78 is 93.0. The smallest absolute Gasteiger partial charge is 0.272 e. The third-order valence-electron chi connectivity index (χ3n) is 4.47. The molecule has 28 heavy (non-hydrogen) atoms. The standard InChI is InChI=1S/C17H15F7INO2/c1-14(10-15(18,19)16(20,21)17(22,23)24)12(7-25)8-26(13(14)27)28-9-11-5-3-2-4-6-11/h2-7H,8-10H2,1H3/b12-7+. The minimum Gasteiger partial charge on any atom is -0.272 e. The first kappa shape index (κ1) is 22.9. The highest BCUT2D eigenvalue weighted by Crippen LogP contribution is 2.54. The van der Waals surface area contributed by atoms with Crippen LogP contribution in [0.5, 0.6) is 0 Å². The van der Waals surface area contributed by atoms with Crippen LogP contribution >= 0.6 is 22.6 Å². The number of benzene rings is 1. The van der Waals surface area contributed by atoms with E-state index in [4.69, 9.17) is 4.84 Å². The fourth-order valence-electron chi connectivity index (χ4n) is 2.75. The lowest BCUT2D eigenvalue weighted by Gasteiger charge is -2.33. The molecule has 0 aliphatic carbocycles. The molecule has 1 saturated heterocycles. The Balaban J connectivity index is 2.23. The highest BCUT2D eigenvalue weighted by molar-refractivity contribution is 14.1. The molecule has 1 atom stereocenters. The third kappa shape index (κ3) is 4.14. The molecular formula is C17H15F7INO2. The van der Waals surface area contributed by atoms with Crippen molar-refractivity contribution in [2.24, 2.45) is 5.41 Å². The number of rotatable bonds is 6. The van der Waals surface area contributed by atoms with Crippen molar-refractivity contribution >= 4 is 28.5 Å². The first-order valence-electron chi connectivity index (χ1n) is 7.87. The van der Waals surface area contributed by atoms with Crippen molar-refractivity contribution in [2.75, 3.05) is 6.54 Å². The van der Waals surface area contributed by atoms with E-state index in [2.05, 4.69) is 0 Å². The highest BCUT2D eigenvalue weighted by Gasteiger charge is 2.74. The molecule has 0 N–H and O–H groups in total. The van der Waals surface area contributed by atoms with Gasteiger partial charge in [-0.05, 0) is 22.1 Å². The number of halogens is 8. The predicted octanol–water partition coefficient (Wildman–Crippen LogP) is 5.51. The van der Waals surface area contributed by atoms with Gasteiger partial charge in [-0.25, -0.2) is 5.06 Å². The largest absolute Gasteiger partial charge is 0.459 e. The zero-order valence-electron chi connectivity index (χ0n) is 14.4. The molecular weight excluding hydrogens is 510 g/mol. The van der Waals surface area contributed by atoms with Gasteiger partial charge in [-0.1, -0.05) is 52.9 Å². The lowest BCUT2D eigenvalue weighted by molar-refractivity contribution is -0.358. The lowest BCUT2D eigenvalue weighted by Crippen LogP contribution is -2.54. The summed E-state index contributed by atoms with van der Waals surface area (Å²) in [4.78, 5) is 17.9. The van der Waals surface area contributed by atoms with Crippen molar-refractivity contribution in [3.05, 3.63) is 45.6 Å². The molecule has 1 amide bonds. The van der Waals surface area contributed by atoms with E-state index < -0.39 is 35.8 Å². The average molecular weight is 525 g/mol. The van der Waals surface area contributed by atoms with E-state index in [1.165, 1.54) is 4.08 Å². The van der Waals surface area contributed by atoms with Crippen LogP contribution in [0.25, 0.3) is 0 Å². The van der Waals surface area contributed by atoms with Crippen LogP contribution in [0.4, 0.5) is 30.7 Å². The molecule has 0 bridgehead atoms. The van der Waals surface area contributed by atoms with Gasteiger partial charge in [0.2, 0.25) is 0 Å². The van der Waals surface area contributed by atoms with Crippen LogP contribution in [0.2, 0.25) is 0 Å². The van der Waals surface area contributed by atoms with Gasteiger partial charge in [0.15, 0.2) is 0 Å². The van der Waals surface area contributed by atoms with Gasteiger partial charge in [0.25, 0.3) is 5.91 Å². The number of nitrogens with zero attached hydrogens (tertiary/aromatic N) is 1. The summed E-state index contributed by atoms with van der Waals surface area (Å²) in [5.74, 6) is -12.9. The number of amides is 1. The Morgan fingerprint density at radius 1 is 1.14 bits per heavy atom. The van der Waals surface area contributed by atoms with Gasteiger partial charge in [0, 0.05) is 6.42 Å². The Kier molecular flexibility index (Phi) is 6.39. The molecule has 156 valence electrons. The summed E-state index contributed by atoms with van der Waals surface area (Å²) in [6, 6.07) is 8.48. The molecule has 1 aliphatic rings. The third-order valence-corrected chi connectivity index (χ3v) is 5.23. The molecule has 1 aromatic rings. The molecule has 1 fully saturated rings. The average Bonchev–Trinajstić information content (AvgIpc) is 2.83. The van der Waals surface area contributed by atoms with E-state index in [1.807, 2.05) is 0 Å². The molecule has 0 saturated carbocycles. The molecule has 1 aromatic carbocycles. The lowest BCUT2D eigenvalue weighted by atomic mass is 9.78. The van der Waals surface area contributed by atoms with E-state index in [-0.39, 0.29) is 18.7 Å². The summed E-state index contributed by atoms with van der Waals surface area (Å²) in [5, 5.41) is 0.708. The van der Waals surface area contributed by atoms with E-state index in [1.54, 1.807) is 52.9 Å². The van der Waals surface area contributed by atoms with Gasteiger partial charge < -0.3 is 0 Å². The molecule has 0 radical (unpaired) electrons. The quantitative estimate of drug-likeness (QED) is 0.363. The summed E-state index contributed by atoms with van der Waals surface area (Å²) in [5.41, 5.74) is -1.66. The Morgan fingerprint density at radius 2 is 1.71 bits per heavy atom. The number of hydroxylamine groups is 2. The highest BCUT2D eigenvalue weighted by atomic mass is 127. The van der Waals surface area contributed by atoms with E-state index in [0.29, 0.717) is 10.6 Å². The molecule has 1 heterocycles. The van der Waals surface area contributed by atoms with Crippen LogP contribution in [0, 0.1) is 5.41 Å². The number of carbonyl (C=O) groups excluding carboxylic acids is 1. The summed E-state index contributed by atoms with van der Waals surface area (Å²) in [6.45, 7) is 0.483. The maximum atomic E-state index is 13.9. The van der Waals surface area contributed by atoms with Gasteiger partial charge in [-0.15, -0.1) is 0 Å². The molecule has 1 aliphatic heterocycles. The number of hydrogen-bond donors (Lipinski definition) is 0. The van der Waals surface area contributed by atoms with E-state index >= 15 is 0 Å². The molecule has 11 heteroatoms. The summed E-state index contributed by atoms with van der Waals surface area (Å²) in [7, 11) is 0. The number of hydrogen-bond acceptors (Lipinski definition) is 2.